The maximum absolute atomic E-state index is 14.6. The zero-order chi connectivity index (χ0) is 99.9. The van der Waals surface area contributed by atoms with Crippen molar-refractivity contribution >= 4 is 51.4 Å². The molecule has 24 atom stereocenters. The monoisotopic (exact) mass is 1900 g/mol. The summed E-state index contributed by atoms with van der Waals surface area (Å²) >= 11 is 0. The van der Waals surface area contributed by atoms with E-state index in [2.05, 4.69) is 158 Å². The topological polar surface area (TPSA) is 291 Å². The van der Waals surface area contributed by atoms with Crippen LogP contribution in [0, 0.1) is 105 Å². The highest BCUT2D eigenvalue weighted by molar-refractivity contribution is 6.00. The lowest BCUT2D eigenvalue weighted by Gasteiger charge is -2.62. The molecule has 12 fully saturated rings. The molecular formula is C113H162N10O15. The Morgan fingerprint density at radius 2 is 0.935 bits per heavy atom. The molecule has 12 aliphatic rings. The van der Waals surface area contributed by atoms with Crippen molar-refractivity contribution in [1.29, 1.82) is 0 Å². The van der Waals surface area contributed by atoms with Crippen LogP contribution in [0.2, 0.25) is 0 Å². The van der Waals surface area contributed by atoms with E-state index in [1.54, 1.807) is 45.4 Å². The number of hydroxylamine groups is 6. The Morgan fingerprint density at radius 3 is 1.36 bits per heavy atom. The van der Waals surface area contributed by atoms with Crippen molar-refractivity contribution in [2.75, 3.05) is 99.8 Å². The predicted molar refractivity (Wildman–Crippen MR) is 546 cm³/mol. The Bertz CT molecular complexity index is 5430. The molecule has 3 aliphatic heterocycles. The van der Waals surface area contributed by atoms with Crippen molar-refractivity contribution < 1.29 is 73.1 Å². The number of aliphatic hydroxyl groups excluding tert-OH is 4. The molecule has 19 rings (SSSR count). The van der Waals surface area contributed by atoms with Crippen molar-refractivity contribution in [3.8, 4) is 50.6 Å². The molecule has 138 heavy (non-hydrogen) atoms. The van der Waals surface area contributed by atoms with E-state index in [0.29, 0.717) is 142 Å². The van der Waals surface area contributed by atoms with Gasteiger partial charge in [-0.25, -0.2) is 0 Å². The van der Waals surface area contributed by atoms with Crippen LogP contribution < -0.4 is 45.3 Å². The molecule has 0 spiro atoms. The van der Waals surface area contributed by atoms with Crippen LogP contribution in [0.4, 0.5) is 11.4 Å². The number of aliphatic hydroxyl groups is 4. The first kappa shape index (κ1) is 105. The standard InChI is InChI=1S/C40H61N5O5.C38H55N3O5.C35H46N2O5/c1-23(2)14-15-42-25(4)35-34(22-46)50-45(36(35)39(48)43-33-20-29-19-32(24(33)3)40(29,5)6)21-26-12-11-13-31(37(26)49-10)27-16-28(38(47)41-7)18-30(17-27)44(8)9;1-10-32(43)27-14-26(16-29(17-27)40(7)8)30-13-11-12-24(37(30)45-9)20-41-36(35(23(3)39-6)34(21-42)46-41)33(44)18-25-15-28-19-31(22(25)2)38(28,4)5;1-20-24(15-25-17-28(20)35(25,3)4)16-29(40)33-31(21(2)39)30(19-38)42-37(33)18-23-10-8-12-27(34(23)41-6)26-11-7-9-22-13-14-36(5)32(22)26/h11-13,16-18,23-25,29,32-36,42,46H,14-15,19-22H2,1-10H3,(H,41,47)(H,43,48);11-14,16-17,22-23,25,28,31,34-36,39,42H,10,15,18-21H2,1-9H3;7-14,20-21,24-25,28,30-31,33,38-39H,15-19H2,1-6H3/t24-,25?,29+,32-,33-,34-,35+,36-;22-,23?,25-,28+,31+,34+,35-,36-;20-,21+,24-,25+,28+,30+,31+,33-/m011/s1. The van der Waals surface area contributed by atoms with Gasteiger partial charge >= 0.3 is 0 Å². The van der Waals surface area contributed by atoms with Crippen LogP contribution in [0.25, 0.3) is 44.3 Å². The Labute approximate surface area is 821 Å². The SMILES string of the molecule is CCC(=O)c1cc(-c2cccc(CN3O[C@@H](CO)[C@@H](C(C)NC)[C@H]3C(=O)C[C@H]3C[C@H]4C[C@@H]([C@@H]3C)C4(C)C)c2OC)cc(N(C)C)c1.CNC(=O)c1cc(-c2cccc(CN3O[C@@H](CO)[C@@H](C(C)NCCC(C)C)[C@H]3C(=O)N[C@H]3C[C@H]4C[C@@H]([C@@H]3C)C4(C)C)c2OC)cc(N(C)C)c1.COc1c(CN2O[C@@H](CO)[C@H]([C@H](C)O)[C@H]2C(=O)C[C@H]2C[C@H]3C[C@@H]([C@@H]2C)C3(C)C)cccc1-c1cccc2ccn(C)c12. The number of ether oxygens (including phenoxy) is 3. The third kappa shape index (κ3) is 20.8. The molecule has 8 N–H and O–H groups in total. The molecule has 25 nitrogen and oxygen atoms in total. The van der Waals surface area contributed by atoms with Gasteiger partial charge in [-0.3, -0.25) is 38.5 Å². The largest absolute Gasteiger partial charge is 0.496 e. The fourth-order valence-corrected chi connectivity index (χ4v) is 26.4. The normalized spacial score (nSPS) is 29.3. The summed E-state index contributed by atoms with van der Waals surface area (Å²) < 4.78 is 20.3. The van der Waals surface area contributed by atoms with Gasteiger partial charge < -0.3 is 70.3 Å². The van der Waals surface area contributed by atoms with E-state index in [9.17, 15) is 44.4 Å². The molecule has 6 bridgehead atoms. The summed E-state index contributed by atoms with van der Waals surface area (Å²) in [5.41, 5.74) is 13.3. The minimum absolute atomic E-state index is 0.0382. The highest BCUT2D eigenvalue weighted by Crippen LogP contribution is 2.66. The number of aromatic nitrogens is 1. The first-order valence-electron chi connectivity index (χ1n) is 51.1. The highest BCUT2D eigenvalue weighted by atomic mass is 16.7. The minimum Gasteiger partial charge on any atom is -0.496 e. The fourth-order valence-electron chi connectivity index (χ4n) is 26.4. The molecule has 754 valence electrons. The van der Waals surface area contributed by atoms with Gasteiger partial charge in [-0.05, 0) is 220 Å². The Morgan fingerprint density at radius 1 is 0.514 bits per heavy atom. The fraction of sp³-hybridized carbons (Fsp3) is 0.619. The number of fused-ring (bicyclic) bond motifs is 7. The number of Topliss-reactive ketones (excluding diaryl/α,β-unsaturated/α-hetero) is 3. The molecule has 9 aliphatic carbocycles. The number of hydrogen-bond donors (Lipinski definition) is 8. The van der Waals surface area contributed by atoms with Crippen LogP contribution in [-0.4, -0.2) is 220 Å². The summed E-state index contributed by atoms with van der Waals surface area (Å²) in [4.78, 5) is 91.8. The van der Waals surface area contributed by atoms with Crippen LogP contribution in [0.5, 0.6) is 17.2 Å². The van der Waals surface area contributed by atoms with Gasteiger partial charge in [-0.2, -0.15) is 15.2 Å². The molecule has 2 unspecified atom stereocenters. The quantitative estimate of drug-likeness (QED) is 0.0169. The highest BCUT2D eigenvalue weighted by Gasteiger charge is 2.61. The van der Waals surface area contributed by atoms with E-state index >= 15 is 0 Å². The van der Waals surface area contributed by atoms with Gasteiger partial charge in [0.25, 0.3) is 5.91 Å². The summed E-state index contributed by atoms with van der Waals surface area (Å²) in [7, 11) is 18.4. The third-order valence-corrected chi connectivity index (χ3v) is 35.3. The lowest BCUT2D eigenvalue weighted by molar-refractivity contribution is -0.183. The number of para-hydroxylation sites is 4. The lowest BCUT2D eigenvalue weighted by Crippen LogP contribution is -2.62. The first-order chi connectivity index (χ1) is 65.6. The number of anilines is 2. The van der Waals surface area contributed by atoms with E-state index in [0.717, 1.165) is 110 Å². The maximum Gasteiger partial charge on any atom is 0.251 e. The number of carbonyl (C=O) groups is 5. The zero-order valence-electron chi connectivity index (χ0n) is 87.0. The number of methoxy groups -OCH3 is 3. The van der Waals surface area contributed by atoms with E-state index in [1.807, 2.05) is 143 Å². The summed E-state index contributed by atoms with van der Waals surface area (Å²) in [6.07, 6.45) is 8.95. The number of ketones is 3. The number of aryl methyl sites for hydroxylation is 1. The second-order valence-corrected chi connectivity index (χ2v) is 44.7. The van der Waals surface area contributed by atoms with Crippen LogP contribution in [0.1, 0.15) is 205 Å². The molecule has 2 amide bonds. The van der Waals surface area contributed by atoms with Gasteiger partial charge in [-0.1, -0.05) is 156 Å². The first-order valence-corrected chi connectivity index (χ1v) is 51.1. The third-order valence-electron chi connectivity index (χ3n) is 35.3. The zero-order valence-corrected chi connectivity index (χ0v) is 87.0. The second-order valence-electron chi connectivity index (χ2n) is 44.7. The lowest BCUT2D eigenvalue weighted by atomic mass is 9.43. The van der Waals surface area contributed by atoms with E-state index in [4.69, 9.17) is 28.7 Å². The van der Waals surface area contributed by atoms with Gasteiger partial charge in [0.1, 0.15) is 53.7 Å². The minimum atomic E-state index is -0.805. The number of carbonyl (C=O) groups excluding carboxylic acids is 5. The summed E-state index contributed by atoms with van der Waals surface area (Å²) in [5, 5.41) is 61.8. The van der Waals surface area contributed by atoms with E-state index in [1.165, 1.54) is 19.3 Å². The molecule has 25 heteroatoms. The molecular weight excluding hydrogens is 1740 g/mol. The molecule has 4 heterocycles. The molecule has 3 saturated heterocycles. The van der Waals surface area contributed by atoms with Crippen molar-refractivity contribution in [3.63, 3.8) is 0 Å². The second kappa shape index (κ2) is 43.6. The van der Waals surface area contributed by atoms with E-state index in [-0.39, 0.29) is 85.5 Å². The number of rotatable bonds is 36. The predicted octanol–water partition coefficient (Wildman–Crippen LogP) is 16.7. The van der Waals surface area contributed by atoms with Gasteiger partial charge in [0.05, 0.1) is 72.4 Å². The van der Waals surface area contributed by atoms with Crippen LogP contribution in [0.15, 0.2) is 121 Å². The number of hydrogen-bond acceptors (Lipinski definition) is 22. The van der Waals surface area contributed by atoms with Crippen molar-refractivity contribution in [2.45, 2.75) is 248 Å². The molecule has 6 aromatic carbocycles. The average Bonchev–Trinajstić information content (AvgIpc) is 0.942. The molecule has 7 aromatic rings. The van der Waals surface area contributed by atoms with Gasteiger partial charge in [0, 0.05) is 170 Å². The van der Waals surface area contributed by atoms with Crippen LogP contribution >= 0.6 is 0 Å². The Balaban J connectivity index is 0.000000166. The molecule has 1 aromatic heterocycles. The van der Waals surface area contributed by atoms with Crippen molar-refractivity contribution in [3.05, 3.63) is 149 Å². The van der Waals surface area contributed by atoms with Gasteiger partial charge in [0.15, 0.2) is 17.3 Å². The van der Waals surface area contributed by atoms with Gasteiger partial charge in [-0.15, -0.1) is 0 Å². The Hall–Kier alpha value is -8.67. The Kier molecular flexibility index (Phi) is 33.3. The summed E-state index contributed by atoms with van der Waals surface area (Å²) in [6.45, 7) is 34.5. The number of amides is 2. The smallest absolute Gasteiger partial charge is 0.251 e. The maximum atomic E-state index is 14.6. The number of nitrogens with one attached hydrogen (secondary N) is 4. The summed E-state index contributed by atoms with van der Waals surface area (Å²) in [6, 6.07) is 36.3. The summed E-state index contributed by atoms with van der Waals surface area (Å²) in [5.74, 6) is 7.72. The average molecular weight is 1900 g/mol. The van der Waals surface area contributed by atoms with Gasteiger partial charge in [0.2, 0.25) is 5.91 Å². The number of nitrogens with zero attached hydrogens (tertiary/aromatic N) is 6. The molecule has 0 radical (unpaired) electrons. The van der Waals surface area contributed by atoms with Crippen molar-refractivity contribution in [1.82, 2.24) is 41.0 Å². The van der Waals surface area contributed by atoms with Crippen molar-refractivity contribution in [2.24, 2.45) is 112 Å². The van der Waals surface area contributed by atoms with Crippen LogP contribution in [-0.2, 0) is 55.6 Å². The number of benzene rings is 6. The molecule has 9 saturated carbocycles. The van der Waals surface area contributed by atoms with Crippen LogP contribution in [0.3, 0.4) is 0 Å². The van der Waals surface area contributed by atoms with E-state index < -0.39 is 48.5 Å².